The Kier molecular flexibility index (Phi) is 5.56. The van der Waals surface area contributed by atoms with E-state index in [1.807, 2.05) is 54.6 Å². The van der Waals surface area contributed by atoms with Crippen LogP contribution in [0, 0.1) is 11.6 Å². The van der Waals surface area contributed by atoms with Crippen molar-refractivity contribution >= 4 is 11.8 Å². The molecule has 0 aliphatic carbocycles. The number of carbonyl (C=O) groups is 2. The molecule has 4 rings (SSSR count). The van der Waals surface area contributed by atoms with E-state index in [0.717, 1.165) is 28.8 Å². The van der Waals surface area contributed by atoms with Crippen molar-refractivity contribution < 1.29 is 18.4 Å². The first-order valence-corrected chi connectivity index (χ1v) is 10.8. The third kappa shape index (κ3) is 3.90. The molecule has 1 unspecified atom stereocenters. The topological polar surface area (TPSA) is 49.4 Å². The normalized spacial score (nSPS) is 17.8. The van der Waals surface area contributed by atoms with E-state index in [0.29, 0.717) is 0 Å². The quantitative estimate of drug-likeness (QED) is 0.580. The van der Waals surface area contributed by atoms with Crippen molar-refractivity contribution in [3.8, 4) is 11.1 Å². The summed E-state index contributed by atoms with van der Waals surface area (Å²) in [5.41, 5.74) is -0.401. The summed E-state index contributed by atoms with van der Waals surface area (Å²) in [6, 6.07) is 19.0. The lowest BCUT2D eigenvalue weighted by Gasteiger charge is -2.37. The zero-order chi connectivity index (χ0) is 24.0. The van der Waals surface area contributed by atoms with Crippen LogP contribution < -0.4 is 5.32 Å². The van der Waals surface area contributed by atoms with Gasteiger partial charge >= 0.3 is 0 Å². The van der Waals surface area contributed by atoms with Crippen LogP contribution in [-0.4, -0.2) is 22.3 Å². The van der Waals surface area contributed by atoms with Gasteiger partial charge in [-0.3, -0.25) is 9.59 Å². The van der Waals surface area contributed by atoms with Crippen molar-refractivity contribution in [3.05, 3.63) is 95.1 Å². The molecule has 1 atom stereocenters. The first-order chi connectivity index (χ1) is 15.5. The summed E-state index contributed by atoms with van der Waals surface area (Å²) in [6.45, 7) is 6.87. The fourth-order valence-corrected chi connectivity index (χ4v) is 4.37. The summed E-state index contributed by atoms with van der Waals surface area (Å²) < 4.78 is 29.8. The third-order valence-corrected chi connectivity index (χ3v) is 5.95. The smallest absolute Gasteiger partial charge is 0.258 e. The molecule has 0 aromatic heterocycles. The lowest BCUT2D eigenvalue weighted by molar-refractivity contribution is -0.133. The van der Waals surface area contributed by atoms with Gasteiger partial charge in [-0.1, -0.05) is 54.6 Å². The Labute approximate surface area is 192 Å². The van der Waals surface area contributed by atoms with Gasteiger partial charge in [-0.15, -0.1) is 0 Å². The minimum atomic E-state index is -1.73. The van der Waals surface area contributed by atoms with Gasteiger partial charge in [-0.2, -0.15) is 0 Å². The van der Waals surface area contributed by atoms with Crippen LogP contribution in [0.5, 0.6) is 0 Å². The lowest BCUT2D eigenvalue weighted by atomic mass is 9.88. The maximum atomic E-state index is 15.1. The molecule has 33 heavy (non-hydrogen) atoms. The van der Waals surface area contributed by atoms with Crippen LogP contribution in [0.15, 0.2) is 66.7 Å². The molecule has 1 heterocycles. The van der Waals surface area contributed by atoms with Crippen molar-refractivity contribution in [1.82, 2.24) is 10.2 Å². The first-order valence-electron chi connectivity index (χ1n) is 10.8. The highest BCUT2D eigenvalue weighted by atomic mass is 19.1. The van der Waals surface area contributed by atoms with Gasteiger partial charge < -0.3 is 10.2 Å². The number of halogens is 2. The molecular formula is C27H26F2N2O2. The van der Waals surface area contributed by atoms with Crippen molar-refractivity contribution in [1.29, 1.82) is 0 Å². The molecule has 1 aliphatic rings. The molecular weight excluding hydrogens is 422 g/mol. The highest BCUT2D eigenvalue weighted by Gasteiger charge is 2.55. The van der Waals surface area contributed by atoms with Gasteiger partial charge in [0.15, 0.2) is 0 Å². The van der Waals surface area contributed by atoms with Crippen molar-refractivity contribution in [2.24, 2.45) is 0 Å². The number of amides is 2. The van der Waals surface area contributed by atoms with Gasteiger partial charge in [0.25, 0.3) is 11.8 Å². The Balaban J connectivity index is 1.86. The van der Waals surface area contributed by atoms with Crippen LogP contribution >= 0.6 is 0 Å². The lowest BCUT2D eigenvalue weighted by Crippen LogP contribution is -2.56. The van der Waals surface area contributed by atoms with Gasteiger partial charge in [0.1, 0.15) is 17.2 Å². The van der Waals surface area contributed by atoms with E-state index in [9.17, 15) is 14.0 Å². The molecule has 0 radical (unpaired) electrons. The predicted molar refractivity (Wildman–Crippen MR) is 123 cm³/mol. The Hall–Kier alpha value is -3.54. The number of carbonyl (C=O) groups excluding carboxylic acids is 2. The number of nitrogens with one attached hydrogen (secondary N) is 1. The Morgan fingerprint density at radius 3 is 2.21 bits per heavy atom. The van der Waals surface area contributed by atoms with E-state index < -0.39 is 40.1 Å². The highest BCUT2D eigenvalue weighted by Crippen LogP contribution is 2.43. The number of hydrogen-bond donors (Lipinski definition) is 1. The van der Waals surface area contributed by atoms with Crippen LogP contribution in [0.2, 0.25) is 0 Å². The summed E-state index contributed by atoms with van der Waals surface area (Å²) in [4.78, 5) is 28.2. The second kappa shape index (κ2) is 8.10. The van der Waals surface area contributed by atoms with E-state index in [2.05, 4.69) is 5.32 Å². The van der Waals surface area contributed by atoms with E-state index in [4.69, 9.17) is 0 Å². The average molecular weight is 449 g/mol. The van der Waals surface area contributed by atoms with Gasteiger partial charge in [0.2, 0.25) is 0 Å². The number of rotatable bonds is 4. The molecule has 0 fully saturated rings. The summed E-state index contributed by atoms with van der Waals surface area (Å²) >= 11 is 0. The fraction of sp³-hybridized carbons (Fsp3) is 0.259. The molecule has 170 valence electrons. The standard InChI is InChI=1S/C27H26F2N2O2/c1-26(2,3)30-25(33)27(4)23-21(29)15-14-20(28)22(23)24(32)31(27)16-18-12-8-9-13-19(18)17-10-6-5-7-11-17/h5-15H,16H2,1-4H3,(H,30,33). The maximum Gasteiger partial charge on any atom is 0.258 e. The molecule has 1 N–H and O–H groups in total. The molecule has 3 aromatic carbocycles. The van der Waals surface area contributed by atoms with Crippen molar-refractivity contribution in [2.75, 3.05) is 0 Å². The number of nitrogens with zero attached hydrogens (tertiary/aromatic N) is 1. The Morgan fingerprint density at radius 1 is 0.939 bits per heavy atom. The third-order valence-electron chi connectivity index (χ3n) is 5.95. The number of hydrogen-bond acceptors (Lipinski definition) is 2. The van der Waals surface area contributed by atoms with Crippen LogP contribution in [0.1, 0.15) is 49.2 Å². The summed E-state index contributed by atoms with van der Waals surface area (Å²) in [5.74, 6) is -2.91. The van der Waals surface area contributed by atoms with E-state index >= 15 is 4.39 Å². The minimum Gasteiger partial charge on any atom is -0.349 e. The number of fused-ring (bicyclic) bond motifs is 1. The van der Waals surface area contributed by atoms with Crippen LogP contribution in [0.25, 0.3) is 11.1 Å². The van der Waals surface area contributed by atoms with Crippen LogP contribution in [-0.2, 0) is 16.9 Å². The molecule has 6 heteroatoms. The van der Waals surface area contributed by atoms with Gasteiger partial charge in [0, 0.05) is 17.6 Å². The fourth-order valence-electron chi connectivity index (χ4n) is 4.37. The van der Waals surface area contributed by atoms with Gasteiger partial charge in [0.05, 0.1) is 5.56 Å². The van der Waals surface area contributed by atoms with Crippen molar-refractivity contribution in [2.45, 2.75) is 45.3 Å². The zero-order valence-corrected chi connectivity index (χ0v) is 19.1. The monoisotopic (exact) mass is 448 g/mol. The molecule has 0 saturated heterocycles. The van der Waals surface area contributed by atoms with Crippen LogP contribution in [0.3, 0.4) is 0 Å². The molecule has 0 spiro atoms. The Bertz CT molecular complexity index is 1230. The van der Waals surface area contributed by atoms with E-state index in [1.165, 1.54) is 11.8 Å². The maximum absolute atomic E-state index is 15.1. The van der Waals surface area contributed by atoms with Crippen molar-refractivity contribution in [3.63, 3.8) is 0 Å². The second-order valence-electron chi connectivity index (χ2n) is 9.47. The van der Waals surface area contributed by atoms with E-state index in [-0.39, 0.29) is 12.1 Å². The summed E-state index contributed by atoms with van der Waals surface area (Å²) in [5, 5.41) is 2.85. The Morgan fingerprint density at radius 2 is 1.55 bits per heavy atom. The predicted octanol–water partition coefficient (Wildman–Crippen LogP) is 5.42. The zero-order valence-electron chi connectivity index (χ0n) is 19.1. The van der Waals surface area contributed by atoms with Gasteiger partial charge in [-0.25, -0.2) is 8.78 Å². The highest BCUT2D eigenvalue weighted by molar-refractivity contribution is 6.07. The molecule has 0 bridgehead atoms. The molecule has 0 saturated carbocycles. The molecule has 4 nitrogen and oxygen atoms in total. The molecule has 2 amide bonds. The largest absolute Gasteiger partial charge is 0.349 e. The van der Waals surface area contributed by atoms with E-state index in [1.54, 1.807) is 20.8 Å². The summed E-state index contributed by atoms with van der Waals surface area (Å²) in [6.07, 6.45) is 0. The first kappa shape index (κ1) is 22.6. The average Bonchev–Trinajstić information content (AvgIpc) is 3.00. The number of benzene rings is 3. The molecule has 1 aliphatic heterocycles. The SMILES string of the molecule is CC(C)(C)NC(=O)C1(C)c2c(F)ccc(F)c2C(=O)N1Cc1ccccc1-c1ccccc1. The second-order valence-corrected chi connectivity index (χ2v) is 9.47. The van der Waals surface area contributed by atoms with Gasteiger partial charge in [-0.05, 0) is 56.5 Å². The molecule has 3 aromatic rings. The van der Waals surface area contributed by atoms with Crippen LogP contribution in [0.4, 0.5) is 8.78 Å². The summed E-state index contributed by atoms with van der Waals surface area (Å²) in [7, 11) is 0. The minimum absolute atomic E-state index is 0.00548.